The van der Waals surface area contributed by atoms with Crippen molar-refractivity contribution in [2.75, 3.05) is 54.5 Å². The van der Waals surface area contributed by atoms with Gasteiger partial charge in [0.2, 0.25) is 0 Å². The maximum Gasteiger partial charge on any atom is 0.308 e. The summed E-state index contributed by atoms with van der Waals surface area (Å²) < 4.78 is 10.2. The smallest absolute Gasteiger partial charge is 0.308 e. The van der Waals surface area contributed by atoms with E-state index in [4.69, 9.17) is 9.47 Å². The average molecular weight is 417 g/mol. The van der Waals surface area contributed by atoms with Crippen LogP contribution in [0.1, 0.15) is 37.3 Å². The second-order valence-electron chi connectivity index (χ2n) is 8.31. The molecule has 166 valence electrons. The lowest BCUT2D eigenvalue weighted by Crippen LogP contribution is -2.49. The van der Waals surface area contributed by atoms with Gasteiger partial charge in [-0.2, -0.15) is 0 Å². The number of aliphatic imine (C=N–C) groups is 1. The van der Waals surface area contributed by atoms with Crippen molar-refractivity contribution < 1.29 is 14.3 Å². The van der Waals surface area contributed by atoms with Gasteiger partial charge in [0.1, 0.15) is 5.75 Å². The third-order valence-corrected chi connectivity index (χ3v) is 6.53. The first kappa shape index (κ1) is 22.4. The minimum absolute atomic E-state index is 0.0100. The number of carbonyl (C=O) groups is 1. The Balaban J connectivity index is 1.61. The molecule has 1 aromatic carbocycles. The maximum absolute atomic E-state index is 11.8. The summed E-state index contributed by atoms with van der Waals surface area (Å²) in [7, 11) is 7.22. The van der Waals surface area contributed by atoms with Crippen LogP contribution in [0, 0.1) is 11.8 Å². The van der Waals surface area contributed by atoms with Crippen molar-refractivity contribution in [1.82, 2.24) is 15.1 Å². The second-order valence-corrected chi connectivity index (χ2v) is 8.31. The van der Waals surface area contributed by atoms with Gasteiger partial charge in [-0.15, -0.1) is 0 Å². The molecular weight excluding hydrogens is 380 g/mol. The Bertz CT molecular complexity index is 714. The summed E-state index contributed by atoms with van der Waals surface area (Å²) in [5, 5.41) is 3.62. The highest BCUT2D eigenvalue weighted by Gasteiger charge is 2.32. The lowest BCUT2D eigenvalue weighted by molar-refractivity contribution is -0.146. The van der Waals surface area contributed by atoms with E-state index in [0.717, 1.165) is 50.7 Å². The molecule has 0 aliphatic carbocycles. The van der Waals surface area contributed by atoms with E-state index in [-0.39, 0.29) is 11.9 Å². The molecule has 3 rings (SSSR count). The van der Waals surface area contributed by atoms with Gasteiger partial charge in [-0.1, -0.05) is 12.1 Å². The number of esters is 1. The van der Waals surface area contributed by atoms with Crippen LogP contribution in [0.4, 0.5) is 0 Å². The number of benzene rings is 1. The molecule has 0 aromatic heterocycles. The number of carbonyl (C=O) groups excluding carboxylic acids is 1. The van der Waals surface area contributed by atoms with Crippen molar-refractivity contribution in [2.45, 2.75) is 31.7 Å². The molecule has 0 spiro atoms. The largest absolute Gasteiger partial charge is 0.497 e. The molecule has 0 radical (unpaired) electrons. The lowest BCUT2D eigenvalue weighted by atomic mass is 9.85. The lowest BCUT2D eigenvalue weighted by Gasteiger charge is -2.40. The number of ether oxygens (including phenoxy) is 2. The Morgan fingerprint density at radius 3 is 2.43 bits per heavy atom. The topological polar surface area (TPSA) is 66.4 Å². The van der Waals surface area contributed by atoms with Crippen LogP contribution in [0.15, 0.2) is 29.3 Å². The van der Waals surface area contributed by atoms with Gasteiger partial charge in [0.05, 0.1) is 20.1 Å². The summed E-state index contributed by atoms with van der Waals surface area (Å²) in [6.45, 7) is 3.64. The minimum atomic E-state index is -0.0924. The molecule has 2 saturated heterocycles. The fraction of sp³-hybridized carbons (Fsp3) is 0.652. The summed E-state index contributed by atoms with van der Waals surface area (Å²) in [4.78, 5) is 21.0. The quantitative estimate of drug-likeness (QED) is 0.452. The Kier molecular flexibility index (Phi) is 7.96. The van der Waals surface area contributed by atoms with Crippen molar-refractivity contribution in [3.05, 3.63) is 29.8 Å². The van der Waals surface area contributed by atoms with Gasteiger partial charge in [0, 0.05) is 32.7 Å². The molecule has 1 N–H and O–H groups in total. The number of likely N-dealkylation sites (tertiary alicyclic amines) is 2. The Labute approximate surface area is 180 Å². The number of methoxy groups -OCH3 is 2. The van der Waals surface area contributed by atoms with Crippen molar-refractivity contribution in [1.29, 1.82) is 0 Å². The van der Waals surface area contributed by atoms with Crippen LogP contribution < -0.4 is 10.1 Å². The molecule has 0 bridgehead atoms. The van der Waals surface area contributed by atoms with E-state index >= 15 is 0 Å². The van der Waals surface area contributed by atoms with Crippen LogP contribution in [0.3, 0.4) is 0 Å². The van der Waals surface area contributed by atoms with Crippen molar-refractivity contribution >= 4 is 11.9 Å². The summed E-state index contributed by atoms with van der Waals surface area (Å²) in [6.07, 6.45) is 4.02. The highest BCUT2D eigenvalue weighted by Crippen LogP contribution is 2.35. The first-order valence-corrected chi connectivity index (χ1v) is 10.9. The summed E-state index contributed by atoms with van der Waals surface area (Å²) >= 11 is 0. The predicted molar refractivity (Wildman–Crippen MR) is 119 cm³/mol. The normalized spacial score (nSPS) is 23.9. The van der Waals surface area contributed by atoms with Crippen LogP contribution in [-0.2, 0) is 9.53 Å². The molecule has 7 heteroatoms. The number of guanidine groups is 1. The molecular formula is C23H36N4O3. The standard InChI is InChI=1S/C23H36N4O3/c1-24-23(27-14-11-18(12-15-27)22(28)30-4)25-16-19-6-5-13-26(2)21(19)17-7-9-20(29-3)10-8-17/h7-10,18-19,21H,5-6,11-16H2,1-4H3,(H,24,25). The van der Waals surface area contributed by atoms with Crippen LogP contribution in [-0.4, -0.2) is 76.2 Å². The zero-order chi connectivity index (χ0) is 21.5. The first-order valence-electron chi connectivity index (χ1n) is 10.9. The van der Waals surface area contributed by atoms with Gasteiger partial charge in [-0.25, -0.2) is 0 Å². The number of hydrogen-bond acceptors (Lipinski definition) is 5. The molecule has 2 unspecified atom stereocenters. The fourth-order valence-electron chi connectivity index (χ4n) is 4.85. The number of piperidine rings is 2. The van der Waals surface area contributed by atoms with E-state index in [9.17, 15) is 4.79 Å². The third kappa shape index (κ3) is 5.25. The summed E-state index contributed by atoms with van der Waals surface area (Å²) in [5.74, 6) is 2.24. The van der Waals surface area contributed by atoms with Gasteiger partial charge >= 0.3 is 5.97 Å². The molecule has 2 aliphatic rings. The highest BCUT2D eigenvalue weighted by atomic mass is 16.5. The fourth-order valence-corrected chi connectivity index (χ4v) is 4.85. The zero-order valence-electron chi connectivity index (χ0n) is 18.8. The van der Waals surface area contributed by atoms with E-state index in [0.29, 0.717) is 12.0 Å². The van der Waals surface area contributed by atoms with Gasteiger partial charge in [-0.3, -0.25) is 14.7 Å². The molecule has 2 aliphatic heterocycles. The van der Waals surface area contributed by atoms with Crippen molar-refractivity contribution in [3.63, 3.8) is 0 Å². The zero-order valence-corrected chi connectivity index (χ0v) is 18.8. The number of nitrogens with one attached hydrogen (secondary N) is 1. The van der Waals surface area contributed by atoms with Gasteiger partial charge in [-0.05, 0) is 62.9 Å². The molecule has 2 heterocycles. The van der Waals surface area contributed by atoms with Crippen LogP contribution in [0.25, 0.3) is 0 Å². The SMILES string of the molecule is CN=C(NCC1CCCN(C)C1c1ccc(OC)cc1)N1CCC(C(=O)OC)CC1. The Morgan fingerprint density at radius 1 is 1.13 bits per heavy atom. The molecule has 1 aromatic rings. The van der Waals surface area contributed by atoms with E-state index in [1.54, 1.807) is 7.11 Å². The van der Waals surface area contributed by atoms with Crippen LogP contribution in [0.5, 0.6) is 5.75 Å². The van der Waals surface area contributed by atoms with Crippen LogP contribution >= 0.6 is 0 Å². The van der Waals surface area contributed by atoms with E-state index in [1.807, 2.05) is 19.2 Å². The molecule has 30 heavy (non-hydrogen) atoms. The molecule has 2 fully saturated rings. The molecule has 0 amide bonds. The first-order chi connectivity index (χ1) is 14.6. The number of rotatable bonds is 5. The van der Waals surface area contributed by atoms with Gasteiger partial charge in [0.15, 0.2) is 5.96 Å². The summed E-state index contributed by atoms with van der Waals surface area (Å²) in [5.41, 5.74) is 1.33. The predicted octanol–water partition coefficient (Wildman–Crippen LogP) is 2.54. The van der Waals surface area contributed by atoms with Crippen LogP contribution in [0.2, 0.25) is 0 Å². The third-order valence-electron chi connectivity index (χ3n) is 6.53. The molecule has 2 atom stereocenters. The second kappa shape index (κ2) is 10.7. The number of nitrogens with zero attached hydrogens (tertiary/aromatic N) is 3. The summed E-state index contributed by atoms with van der Waals surface area (Å²) in [6, 6.07) is 8.84. The highest BCUT2D eigenvalue weighted by molar-refractivity contribution is 5.80. The van der Waals surface area contributed by atoms with Crippen molar-refractivity contribution in [3.8, 4) is 5.75 Å². The van der Waals surface area contributed by atoms with Crippen molar-refractivity contribution in [2.24, 2.45) is 16.8 Å². The average Bonchev–Trinajstić information content (AvgIpc) is 2.79. The van der Waals surface area contributed by atoms with Gasteiger partial charge < -0.3 is 19.7 Å². The van der Waals surface area contributed by atoms with E-state index < -0.39 is 0 Å². The molecule has 7 nitrogen and oxygen atoms in total. The maximum atomic E-state index is 11.8. The van der Waals surface area contributed by atoms with E-state index in [2.05, 4.69) is 39.3 Å². The Hall–Kier alpha value is -2.28. The molecule has 0 saturated carbocycles. The van der Waals surface area contributed by atoms with E-state index in [1.165, 1.54) is 25.5 Å². The van der Waals surface area contributed by atoms with Gasteiger partial charge in [0.25, 0.3) is 0 Å². The Morgan fingerprint density at radius 2 is 1.83 bits per heavy atom. The number of hydrogen-bond donors (Lipinski definition) is 1. The monoisotopic (exact) mass is 416 g/mol. The minimum Gasteiger partial charge on any atom is -0.497 e.